The Hall–Kier alpha value is -2.24. The van der Waals surface area contributed by atoms with E-state index in [0.717, 1.165) is 11.0 Å². The first-order chi connectivity index (χ1) is 10.2. The number of carbonyl (C=O) groups is 3. The van der Waals surface area contributed by atoms with E-state index in [-0.39, 0.29) is 29.5 Å². The predicted molar refractivity (Wildman–Crippen MR) is 67.2 cm³/mol. The van der Waals surface area contributed by atoms with E-state index in [1.165, 1.54) is 13.0 Å². The Morgan fingerprint density at radius 3 is 2.85 bits per heavy atom. The molecule has 1 saturated heterocycles. The van der Waals surface area contributed by atoms with Crippen molar-refractivity contribution < 1.29 is 21.5 Å². The first-order valence-corrected chi connectivity index (χ1v) is 6.21. The molecule has 0 saturated carbocycles. The van der Waals surface area contributed by atoms with E-state index in [9.17, 15) is 18.8 Å². The lowest BCUT2D eigenvalue weighted by Crippen LogP contribution is -2.52. The van der Waals surface area contributed by atoms with Gasteiger partial charge in [0, 0.05) is 18.5 Å². The lowest BCUT2D eigenvalue weighted by atomic mass is 10.0. The molecule has 5 nitrogen and oxygen atoms in total. The quantitative estimate of drug-likeness (QED) is 0.776. The Bertz CT molecular complexity index is 720. The molecule has 0 aromatic heterocycles. The molecule has 1 atom stereocenters. The second-order valence-corrected chi connectivity index (χ2v) is 4.90. The predicted octanol–water partition coefficient (Wildman–Crippen LogP) is 0.895. The van der Waals surface area contributed by atoms with E-state index in [1.54, 1.807) is 0 Å². The van der Waals surface area contributed by atoms with Crippen LogP contribution in [0.1, 0.15) is 37.1 Å². The molecule has 1 aromatic rings. The van der Waals surface area contributed by atoms with Crippen LogP contribution >= 0.6 is 0 Å². The number of carbonyl (C=O) groups excluding carboxylic acids is 3. The highest BCUT2D eigenvalue weighted by Gasteiger charge is 2.39. The summed E-state index contributed by atoms with van der Waals surface area (Å²) in [4.78, 5) is 36.5. The largest absolute Gasteiger partial charge is 0.322 e. The molecule has 3 rings (SSSR count). The normalized spacial score (nSPS) is 26.0. The van der Waals surface area contributed by atoms with Gasteiger partial charge in [-0.25, -0.2) is 4.39 Å². The van der Waals surface area contributed by atoms with Gasteiger partial charge in [0.25, 0.3) is 5.91 Å². The van der Waals surface area contributed by atoms with E-state index >= 15 is 0 Å². The number of piperidine rings is 1. The van der Waals surface area contributed by atoms with Crippen molar-refractivity contribution in [3.63, 3.8) is 0 Å². The van der Waals surface area contributed by atoms with Gasteiger partial charge in [-0.2, -0.15) is 0 Å². The highest BCUT2D eigenvalue weighted by atomic mass is 19.1. The second-order valence-electron chi connectivity index (χ2n) is 4.90. The van der Waals surface area contributed by atoms with Gasteiger partial charge in [-0.1, -0.05) is 0 Å². The summed E-state index contributed by atoms with van der Waals surface area (Å²) in [5.41, 5.74) is 0.187. The summed E-state index contributed by atoms with van der Waals surface area (Å²) in [6, 6.07) is 1.20. The molecule has 1 unspecified atom stereocenters. The summed E-state index contributed by atoms with van der Waals surface area (Å²) in [5.74, 6) is -2.44. The fraction of sp³-hybridized carbons (Fsp3) is 0.357. The van der Waals surface area contributed by atoms with Crippen molar-refractivity contribution in [2.45, 2.75) is 32.3 Å². The summed E-state index contributed by atoms with van der Waals surface area (Å²) >= 11 is 0. The first-order valence-electron chi connectivity index (χ1n) is 7.21. The molecule has 104 valence electrons. The second kappa shape index (κ2) is 4.40. The average molecular weight is 278 g/mol. The van der Waals surface area contributed by atoms with Crippen molar-refractivity contribution >= 4 is 17.7 Å². The van der Waals surface area contributed by atoms with Gasteiger partial charge in [0.15, 0.2) is 0 Å². The van der Waals surface area contributed by atoms with Gasteiger partial charge >= 0.3 is 0 Å². The number of nitrogens with one attached hydrogen (secondary N) is 1. The molecular formula is C14H13FN2O3. The van der Waals surface area contributed by atoms with Crippen LogP contribution in [0.2, 0.25) is 0 Å². The summed E-state index contributed by atoms with van der Waals surface area (Å²) < 4.78 is 30.0. The van der Waals surface area contributed by atoms with Gasteiger partial charge in [0.1, 0.15) is 11.9 Å². The number of halogens is 1. The molecule has 0 aliphatic carbocycles. The number of fused-ring (bicyclic) bond motifs is 1. The number of rotatable bonds is 1. The molecule has 2 aliphatic rings. The van der Waals surface area contributed by atoms with Gasteiger partial charge in [-0.15, -0.1) is 0 Å². The van der Waals surface area contributed by atoms with Gasteiger partial charge in [0.05, 0.1) is 2.74 Å². The van der Waals surface area contributed by atoms with Gasteiger partial charge < -0.3 is 4.90 Å². The Morgan fingerprint density at radius 1 is 1.40 bits per heavy atom. The number of amides is 3. The monoisotopic (exact) mass is 278 g/mol. The van der Waals surface area contributed by atoms with E-state index in [4.69, 9.17) is 2.74 Å². The third-order valence-electron chi connectivity index (χ3n) is 3.51. The minimum Gasteiger partial charge on any atom is -0.322 e. The highest BCUT2D eigenvalue weighted by Crippen LogP contribution is 2.29. The minimum absolute atomic E-state index is 0.0278. The van der Waals surface area contributed by atoms with E-state index < -0.39 is 36.1 Å². The highest BCUT2D eigenvalue weighted by molar-refractivity contribution is 6.05. The molecule has 3 amide bonds. The maximum Gasteiger partial charge on any atom is 0.255 e. The SMILES string of the molecule is [2H]C1([2H])c2cc(F)c(C)cc2C(=O)N1C1CCC(=O)NC1=O. The van der Waals surface area contributed by atoms with Crippen LogP contribution in [0.25, 0.3) is 0 Å². The topological polar surface area (TPSA) is 66.5 Å². The molecular weight excluding hydrogens is 263 g/mol. The minimum atomic E-state index is -2.30. The summed E-state index contributed by atoms with van der Waals surface area (Å²) in [5, 5.41) is 2.10. The lowest BCUT2D eigenvalue weighted by Gasteiger charge is -2.29. The third-order valence-corrected chi connectivity index (χ3v) is 3.51. The van der Waals surface area contributed by atoms with Crippen LogP contribution in [0.4, 0.5) is 4.39 Å². The van der Waals surface area contributed by atoms with Crippen LogP contribution < -0.4 is 5.32 Å². The summed E-state index contributed by atoms with van der Waals surface area (Å²) in [6.45, 7) is -0.823. The molecule has 6 heteroatoms. The van der Waals surface area contributed by atoms with Crippen molar-refractivity contribution in [2.24, 2.45) is 0 Å². The van der Waals surface area contributed by atoms with Crippen molar-refractivity contribution in [1.82, 2.24) is 10.2 Å². The smallest absolute Gasteiger partial charge is 0.255 e. The fourth-order valence-corrected chi connectivity index (χ4v) is 2.41. The van der Waals surface area contributed by atoms with Crippen molar-refractivity contribution in [1.29, 1.82) is 0 Å². The molecule has 2 aliphatic heterocycles. The Labute approximate surface area is 117 Å². The molecule has 20 heavy (non-hydrogen) atoms. The number of nitrogens with zero attached hydrogens (tertiary/aromatic N) is 1. The Morgan fingerprint density at radius 2 is 2.15 bits per heavy atom. The van der Waals surface area contributed by atoms with Crippen molar-refractivity contribution in [3.05, 3.63) is 34.6 Å². The summed E-state index contributed by atoms with van der Waals surface area (Å²) in [7, 11) is 0. The van der Waals surface area contributed by atoms with Crippen molar-refractivity contribution in [3.8, 4) is 0 Å². The average Bonchev–Trinajstić information content (AvgIpc) is 2.60. The third kappa shape index (κ3) is 1.88. The zero-order valence-electron chi connectivity index (χ0n) is 12.7. The first kappa shape index (κ1) is 10.5. The molecule has 2 heterocycles. The number of hydrogen-bond acceptors (Lipinski definition) is 3. The zero-order chi connectivity index (χ0) is 16.2. The van der Waals surface area contributed by atoms with Gasteiger partial charge in [0.2, 0.25) is 11.8 Å². The van der Waals surface area contributed by atoms with Crippen LogP contribution in [0.5, 0.6) is 0 Å². The maximum atomic E-state index is 13.7. The van der Waals surface area contributed by atoms with Crippen molar-refractivity contribution in [2.75, 3.05) is 0 Å². The zero-order valence-corrected chi connectivity index (χ0v) is 10.7. The van der Waals surface area contributed by atoms with Gasteiger partial charge in [-0.3, -0.25) is 19.7 Å². The molecule has 1 N–H and O–H groups in total. The van der Waals surface area contributed by atoms with Crippen LogP contribution in [-0.2, 0) is 16.1 Å². The number of aryl methyl sites for hydroxylation is 1. The van der Waals surface area contributed by atoms with E-state index in [1.807, 2.05) is 0 Å². The fourth-order valence-electron chi connectivity index (χ4n) is 2.41. The van der Waals surface area contributed by atoms with Crippen LogP contribution in [0.15, 0.2) is 12.1 Å². The Balaban J connectivity index is 2.06. The van der Waals surface area contributed by atoms with Crippen LogP contribution in [0.3, 0.4) is 0 Å². The van der Waals surface area contributed by atoms with E-state index in [2.05, 4.69) is 5.32 Å². The maximum absolute atomic E-state index is 13.7. The van der Waals surface area contributed by atoms with Crippen LogP contribution in [0, 0.1) is 12.7 Å². The Kier molecular flexibility index (Phi) is 2.32. The molecule has 1 aromatic carbocycles. The number of imide groups is 1. The summed E-state index contributed by atoms with van der Waals surface area (Å²) in [6.07, 6.45) is 0.0748. The van der Waals surface area contributed by atoms with E-state index in [0.29, 0.717) is 0 Å². The number of benzene rings is 1. The van der Waals surface area contributed by atoms with Crippen LogP contribution in [-0.4, -0.2) is 28.7 Å². The van der Waals surface area contributed by atoms with Gasteiger partial charge in [-0.05, 0) is 36.6 Å². The standard InChI is InChI=1S/C14H13FN2O3/c1-7-4-9-8(5-10(7)15)6-17(14(9)20)11-2-3-12(18)16-13(11)19/h4-5,11H,2-3,6H2,1H3,(H,16,18,19)/i6D2. The molecule has 1 fully saturated rings. The molecule has 0 radical (unpaired) electrons. The molecule has 0 spiro atoms. The number of hydrogen-bond donors (Lipinski definition) is 1. The lowest BCUT2D eigenvalue weighted by molar-refractivity contribution is -0.136. The molecule has 0 bridgehead atoms.